The number of rotatable bonds is 4. The maximum absolute atomic E-state index is 12.0. The Morgan fingerprint density at radius 3 is 1.60 bits per heavy atom. The Morgan fingerprint density at radius 1 is 0.680 bits per heavy atom. The molecule has 2 aliphatic rings. The Kier molecular flexibility index (Phi) is 3.85. The van der Waals surface area contributed by atoms with Crippen LogP contribution in [0.1, 0.15) is 17.5 Å². The van der Waals surface area contributed by atoms with Gasteiger partial charge in [-0.25, -0.2) is 0 Å². The fourth-order valence-electron chi connectivity index (χ4n) is 2.97. The van der Waals surface area contributed by atoms with Crippen molar-refractivity contribution < 1.29 is 9.59 Å². The summed E-state index contributed by atoms with van der Waals surface area (Å²) < 4.78 is 0. The Morgan fingerprint density at radius 2 is 1.12 bits per heavy atom. The van der Waals surface area contributed by atoms with Gasteiger partial charge in [-0.1, -0.05) is 36.4 Å². The number of hydrogen-bond donors (Lipinski definition) is 2. The number of amides is 2. The number of carbonyl (C=O) groups excluding carboxylic acids is 2. The highest BCUT2D eigenvalue weighted by atomic mass is 16.2. The van der Waals surface area contributed by atoms with Crippen molar-refractivity contribution in [1.29, 1.82) is 0 Å². The lowest BCUT2D eigenvalue weighted by atomic mass is 10.1. The third-order valence-corrected chi connectivity index (χ3v) is 4.15. The van der Waals surface area contributed by atoms with Crippen LogP contribution in [-0.4, -0.2) is 36.3 Å². The van der Waals surface area contributed by atoms with Gasteiger partial charge in [0.2, 0.25) is 0 Å². The molecule has 2 aromatic rings. The predicted octanol–water partition coefficient (Wildman–Crippen LogP) is 2.26. The molecule has 0 unspecified atom stereocenters. The zero-order valence-electron chi connectivity index (χ0n) is 13.5. The second kappa shape index (κ2) is 6.32. The van der Waals surface area contributed by atoms with E-state index in [1.807, 2.05) is 48.5 Å². The summed E-state index contributed by atoms with van der Waals surface area (Å²) in [4.78, 5) is 32.7. The first-order valence-electron chi connectivity index (χ1n) is 8.14. The molecule has 2 aliphatic heterocycles. The number of carbonyl (C=O) groups is 2. The summed E-state index contributed by atoms with van der Waals surface area (Å²) in [6.07, 6.45) is 0.665. The second-order valence-electron chi connectivity index (χ2n) is 5.81. The molecule has 25 heavy (non-hydrogen) atoms. The van der Waals surface area contributed by atoms with E-state index in [0.29, 0.717) is 30.9 Å². The van der Waals surface area contributed by atoms with Gasteiger partial charge in [0.25, 0.3) is 11.8 Å². The topological polar surface area (TPSA) is 82.9 Å². The lowest BCUT2D eigenvalue weighted by Gasteiger charge is -1.98. The van der Waals surface area contributed by atoms with E-state index in [1.165, 1.54) is 0 Å². The van der Waals surface area contributed by atoms with E-state index in [4.69, 9.17) is 0 Å². The zero-order valence-corrected chi connectivity index (χ0v) is 13.5. The van der Waals surface area contributed by atoms with Crippen LogP contribution in [0.15, 0.2) is 58.5 Å². The van der Waals surface area contributed by atoms with Gasteiger partial charge < -0.3 is 10.6 Å². The van der Waals surface area contributed by atoms with Crippen molar-refractivity contribution in [1.82, 2.24) is 0 Å². The van der Waals surface area contributed by atoms with Crippen LogP contribution in [0.25, 0.3) is 0 Å². The van der Waals surface area contributed by atoms with Crippen molar-refractivity contribution in [2.45, 2.75) is 6.42 Å². The minimum absolute atomic E-state index is 0.170. The molecule has 2 N–H and O–H groups in total. The van der Waals surface area contributed by atoms with Crippen LogP contribution in [0.3, 0.4) is 0 Å². The molecule has 124 valence electrons. The van der Waals surface area contributed by atoms with Gasteiger partial charge in [0.1, 0.15) is 11.4 Å². The van der Waals surface area contributed by atoms with E-state index in [9.17, 15) is 9.59 Å². The summed E-state index contributed by atoms with van der Waals surface area (Å²) in [6, 6.07) is 15.0. The summed E-state index contributed by atoms with van der Waals surface area (Å²) in [6.45, 7) is 0.967. The summed E-state index contributed by atoms with van der Waals surface area (Å²) in [5, 5.41) is 5.60. The maximum Gasteiger partial charge on any atom is 0.274 e. The molecule has 0 saturated heterocycles. The third-order valence-electron chi connectivity index (χ3n) is 4.15. The molecule has 0 aromatic heterocycles. The van der Waals surface area contributed by atoms with Gasteiger partial charge in [-0.05, 0) is 18.6 Å². The van der Waals surface area contributed by atoms with Crippen LogP contribution in [-0.2, 0) is 9.59 Å². The molecular weight excluding hydrogens is 316 g/mol. The molecule has 0 radical (unpaired) electrons. The van der Waals surface area contributed by atoms with Gasteiger partial charge in [-0.15, -0.1) is 0 Å². The Bertz CT molecular complexity index is 855. The fraction of sp³-hybridized carbons (Fsp3) is 0.158. The van der Waals surface area contributed by atoms with Gasteiger partial charge in [0, 0.05) is 24.2 Å². The molecular formula is C19H16N4O2. The van der Waals surface area contributed by atoms with Gasteiger partial charge in [-0.3, -0.25) is 19.6 Å². The Labute approximate surface area is 144 Å². The molecule has 2 amide bonds. The van der Waals surface area contributed by atoms with Crippen molar-refractivity contribution in [2.75, 3.05) is 23.7 Å². The second-order valence-corrected chi connectivity index (χ2v) is 5.81. The van der Waals surface area contributed by atoms with Gasteiger partial charge in [0.15, 0.2) is 0 Å². The minimum Gasteiger partial charge on any atom is -0.320 e. The molecule has 0 spiro atoms. The number of para-hydroxylation sites is 2. The fourth-order valence-corrected chi connectivity index (χ4v) is 2.97. The first-order valence-corrected chi connectivity index (χ1v) is 8.14. The Hall–Kier alpha value is -3.28. The van der Waals surface area contributed by atoms with E-state index < -0.39 is 0 Å². The molecule has 0 atom stereocenters. The van der Waals surface area contributed by atoms with Crippen molar-refractivity contribution in [3.05, 3.63) is 59.7 Å². The molecule has 4 rings (SSSR count). The highest BCUT2D eigenvalue weighted by Gasteiger charge is 2.25. The lowest BCUT2D eigenvalue weighted by molar-refractivity contribution is -0.110. The molecule has 6 nitrogen and oxygen atoms in total. The van der Waals surface area contributed by atoms with Crippen LogP contribution in [0.5, 0.6) is 0 Å². The summed E-state index contributed by atoms with van der Waals surface area (Å²) in [5.74, 6) is -0.340. The van der Waals surface area contributed by atoms with Crippen LogP contribution in [0.2, 0.25) is 0 Å². The molecule has 0 bridgehead atoms. The van der Waals surface area contributed by atoms with Gasteiger partial charge in [-0.2, -0.15) is 0 Å². The molecule has 2 aromatic carbocycles. The van der Waals surface area contributed by atoms with E-state index in [-0.39, 0.29) is 11.8 Å². The van der Waals surface area contributed by atoms with Gasteiger partial charge in [0.05, 0.1) is 11.4 Å². The van der Waals surface area contributed by atoms with Crippen molar-refractivity contribution in [3.8, 4) is 0 Å². The van der Waals surface area contributed by atoms with E-state index in [0.717, 1.165) is 22.5 Å². The number of anilines is 2. The average molecular weight is 332 g/mol. The largest absolute Gasteiger partial charge is 0.320 e. The molecule has 0 fully saturated rings. The number of hydrogen-bond acceptors (Lipinski definition) is 4. The van der Waals surface area contributed by atoms with Crippen LogP contribution in [0, 0.1) is 0 Å². The molecule has 0 saturated carbocycles. The molecule has 2 heterocycles. The number of nitrogens with zero attached hydrogens (tertiary/aromatic N) is 2. The smallest absolute Gasteiger partial charge is 0.274 e. The summed E-state index contributed by atoms with van der Waals surface area (Å²) in [5.41, 5.74) is 4.20. The van der Waals surface area contributed by atoms with Crippen molar-refractivity contribution in [2.24, 2.45) is 9.98 Å². The van der Waals surface area contributed by atoms with Crippen LogP contribution >= 0.6 is 0 Å². The van der Waals surface area contributed by atoms with E-state index in [2.05, 4.69) is 20.6 Å². The number of benzene rings is 2. The average Bonchev–Trinajstić information content (AvgIpc) is 3.11. The summed E-state index contributed by atoms with van der Waals surface area (Å²) >= 11 is 0. The highest BCUT2D eigenvalue weighted by molar-refractivity contribution is 6.54. The quantitative estimate of drug-likeness (QED) is 0.842. The predicted molar refractivity (Wildman–Crippen MR) is 97.6 cm³/mol. The van der Waals surface area contributed by atoms with E-state index in [1.54, 1.807) is 0 Å². The minimum atomic E-state index is -0.170. The lowest BCUT2D eigenvalue weighted by Crippen LogP contribution is -2.16. The maximum atomic E-state index is 12.0. The van der Waals surface area contributed by atoms with Crippen LogP contribution < -0.4 is 10.6 Å². The molecule has 6 heteroatoms. The van der Waals surface area contributed by atoms with Gasteiger partial charge >= 0.3 is 0 Å². The van der Waals surface area contributed by atoms with E-state index >= 15 is 0 Å². The van der Waals surface area contributed by atoms with Crippen LogP contribution in [0.4, 0.5) is 11.4 Å². The van der Waals surface area contributed by atoms with Crippen molar-refractivity contribution >= 4 is 34.6 Å². The Balaban J connectivity index is 1.41. The SMILES string of the molecule is O=C1Nc2ccccc2C1=NCCCN=C1C(=O)Nc2ccccc21. The first-order chi connectivity index (χ1) is 12.2. The first kappa shape index (κ1) is 15.3. The van der Waals surface area contributed by atoms with Crippen molar-refractivity contribution in [3.63, 3.8) is 0 Å². The number of aliphatic imine (C=N–C) groups is 2. The summed E-state index contributed by atoms with van der Waals surface area (Å²) in [7, 11) is 0. The standard InChI is InChI=1S/C19H16N4O2/c24-18-16(12-6-1-3-8-14(12)22-18)20-10-5-11-21-17-13-7-2-4-9-15(13)23-19(17)25/h1-4,6-9H,5,10-11H2,(H,20,22,24)(H,21,23,25). The highest BCUT2D eigenvalue weighted by Crippen LogP contribution is 2.23. The number of nitrogens with one attached hydrogen (secondary N) is 2. The number of fused-ring (bicyclic) bond motifs is 2. The monoisotopic (exact) mass is 332 g/mol. The molecule has 0 aliphatic carbocycles. The zero-order chi connectivity index (χ0) is 17.2. The third kappa shape index (κ3) is 2.82. The normalized spacial score (nSPS) is 18.2.